The molecule has 1 aromatic carbocycles. The monoisotopic (exact) mass is 297 g/mol. The van der Waals surface area contributed by atoms with Crippen molar-refractivity contribution in [2.24, 2.45) is 0 Å². The van der Waals surface area contributed by atoms with Gasteiger partial charge in [0.25, 0.3) is 0 Å². The molecule has 0 fully saturated rings. The third kappa shape index (κ3) is 2.94. The molecule has 0 saturated heterocycles. The predicted octanol–water partition coefficient (Wildman–Crippen LogP) is 1.85. The highest BCUT2D eigenvalue weighted by Gasteiger charge is 2.23. The largest absolute Gasteiger partial charge is 0.399 e. The summed E-state index contributed by atoms with van der Waals surface area (Å²) >= 11 is 1.44. The van der Waals surface area contributed by atoms with E-state index in [4.69, 9.17) is 5.73 Å². The number of nitrogens with zero attached hydrogens (tertiary/aromatic N) is 2. The molecular weight excluding hydrogens is 282 g/mol. The zero-order chi connectivity index (χ0) is 14.0. The lowest BCUT2D eigenvalue weighted by atomic mass is 10.2. The molecule has 2 N–H and O–H groups in total. The minimum atomic E-state index is -3.55. The first-order chi connectivity index (χ1) is 8.91. The minimum Gasteiger partial charge on any atom is -0.399 e. The number of aromatic nitrogens is 1. The van der Waals surface area contributed by atoms with Gasteiger partial charge in [-0.3, -0.25) is 0 Å². The molecule has 0 radical (unpaired) electrons. The van der Waals surface area contributed by atoms with Gasteiger partial charge in [-0.05, 0) is 24.6 Å². The van der Waals surface area contributed by atoms with Crippen molar-refractivity contribution in [1.82, 2.24) is 9.29 Å². The van der Waals surface area contributed by atoms with Crippen LogP contribution in [0.2, 0.25) is 0 Å². The third-order valence-electron chi connectivity index (χ3n) is 2.77. The molecule has 102 valence electrons. The van der Waals surface area contributed by atoms with Crippen molar-refractivity contribution >= 4 is 27.0 Å². The van der Waals surface area contributed by atoms with E-state index in [1.807, 2.05) is 5.38 Å². The topological polar surface area (TPSA) is 76.3 Å². The van der Waals surface area contributed by atoms with Crippen LogP contribution in [0.3, 0.4) is 0 Å². The molecule has 0 bridgehead atoms. The second-order valence-electron chi connectivity index (χ2n) is 4.27. The van der Waals surface area contributed by atoms with Gasteiger partial charge in [0.15, 0.2) is 0 Å². The van der Waals surface area contributed by atoms with Gasteiger partial charge in [0.2, 0.25) is 10.0 Å². The van der Waals surface area contributed by atoms with Crippen LogP contribution >= 0.6 is 11.3 Å². The zero-order valence-electron chi connectivity index (χ0n) is 10.7. The van der Waals surface area contributed by atoms with E-state index in [1.54, 1.807) is 24.6 Å². The van der Waals surface area contributed by atoms with E-state index >= 15 is 0 Å². The van der Waals surface area contributed by atoms with E-state index in [0.29, 0.717) is 11.3 Å². The number of sulfonamides is 1. The number of hydrogen-bond acceptors (Lipinski definition) is 5. The summed E-state index contributed by atoms with van der Waals surface area (Å²) in [5, 5.41) is 1.83. The van der Waals surface area contributed by atoms with E-state index < -0.39 is 10.0 Å². The molecule has 19 heavy (non-hydrogen) atoms. The van der Waals surface area contributed by atoms with Gasteiger partial charge < -0.3 is 5.73 Å². The van der Waals surface area contributed by atoms with E-state index in [-0.39, 0.29) is 11.4 Å². The summed E-state index contributed by atoms with van der Waals surface area (Å²) in [5.41, 5.74) is 9.20. The number of thiazole rings is 1. The fourth-order valence-electron chi connectivity index (χ4n) is 1.69. The highest BCUT2D eigenvalue weighted by atomic mass is 32.2. The van der Waals surface area contributed by atoms with E-state index in [2.05, 4.69) is 4.98 Å². The van der Waals surface area contributed by atoms with Crippen LogP contribution < -0.4 is 5.73 Å². The highest BCUT2D eigenvalue weighted by Crippen LogP contribution is 2.22. The van der Waals surface area contributed by atoms with Gasteiger partial charge in [-0.25, -0.2) is 13.4 Å². The minimum absolute atomic E-state index is 0.241. The maximum absolute atomic E-state index is 12.5. The Hall–Kier alpha value is -1.44. The summed E-state index contributed by atoms with van der Waals surface area (Å²) in [4.78, 5) is 4.33. The molecule has 0 aliphatic rings. The van der Waals surface area contributed by atoms with Gasteiger partial charge >= 0.3 is 0 Å². The predicted molar refractivity (Wildman–Crippen MR) is 76.4 cm³/mol. The number of benzene rings is 1. The quantitative estimate of drug-likeness (QED) is 0.874. The molecule has 0 unspecified atom stereocenters. The molecule has 0 amide bonds. The van der Waals surface area contributed by atoms with Crippen molar-refractivity contribution in [1.29, 1.82) is 0 Å². The van der Waals surface area contributed by atoms with Crippen molar-refractivity contribution in [3.63, 3.8) is 0 Å². The Morgan fingerprint density at radius 3 is 2.79 bits per heavy atom. The average molecular weight is 297 g/mol. The first-order valence-corrected chi connectivity index (χ1v) is 7.99. The van der Waals surface area contributed by atoms with Gasteiger partial charge in [-0.15, -0.1) is 11.3 Å². The van der Waals surface area contributed by atoms with Crippen LogP contribution in [-0.2, 0) is 16.6 Å². The fourth-order valence-corrected chi connectivity index (χ4v) is 3.64. The van der Waals surface area contributed by atoms with Crippen molar-refractivity contribution in [2.45, 2.75) is 18.4 Å². The molecule has 2 rings (SSSR count). The third-order valence-corrected chi connectivity index (χ3v) is 5.35. The number of anilines is 1. The second kappa shape index (κ2) is 5.28. The molecule has 0 aliphatic heterocycles. The number of nitrogens with two attached hydrogens (primary N) is 1. The lowest BCUT2D eigenvalue weighted by Crippen LogP contribution is -2.27. The van der Waals surface area contributed by atoms with Crippen LogP contribution in [0.15, 0.2) is 34.0 Å². The van der Waals surface area contributed by atoms with Crippen molar-refractivity contribution in [3.8, 4) is 0 Å². The number of rotatable bonds is 4. The van der Waals surface area contributed by atoms with Crippen molar-refractivity contribution in [3.05, 3.63) is 40.3 Å². The smallest absolute Gasteiger partial charge is 0.243 e. The van der Waals surface area contributed by atoms with Crippen LogP contribution in [-0.4, -0.2) is 24.8 Å². The Balaban J connectivity index is 2.33. The van der Waals surface area contributed by atoms with Gasteiger partial charge in [0.05, 0.1) is 22.6 Å². The maximum atomic E-state index is 12.5. The molecule has 0 spiro atoms. The average Bonchev–Trinajstić information content (AvgIpc) is 2.85. The summed E-state index contributed by atoms with van der Waals surface area (Å²) in [6.07, 6.45) is 0. The molecule has 2 aromatic rings. The van der Waals surface area contributed by atoms with Crippen LogP contribution in [0.1, 0.15) is 11.3 Å². The summed E-state index contributed by atoms with van der Waals surface area (Å²) in [6, 6.07) is 4.88. The number of hydrogen-bond donors (Lipinski definition) is 1. The second-order valence-corrected chi connectivity index (χ2v) is 7.00. The molecule has 7 heteroatoms. The Bertz CT molecular complexity index is 666. The molecule has 0 saturated carbocycles. The fraction of sp³-hybridized carbons (Fsp3) is 0.250. The molecule has 1 heterocycles. The zero-order valence-corrected chi connectivity index (χ0v) is 12.3. The van der Waals surface area contributed by atoms with Crippen LogP contribution in [0, 0.1) is 6.92 Å². The van der Waals surface area contributed by atoms with Crippen molar-refractivity contribution < 1.29 is 8.42 Å². The lowest BCUT2D eigenvalue weighted by molar-refractivity contribution is 0.462. The summed E-state index contributed by atoms with van der Waals surface area (Å²) in [7, 11) is -2.01. The first-order valence-electron chi connectivity index (χ1n) is 5.61. The Labute approximate surface area is 116 Å². The number of nitrogen functional groups attached to an aromatic ring is 1. The van der Waals surface area contributed by atoms with Gasteiger partial charge in [0, 0.05) is 18.1 Å². The van der Waals surface area contributed by atoms with Gasteiger partial charge in [0.1, 0.15) is 0 Å². The molecule has 1 aromatic heterocycles. The SMILES string of the molecule is Cc1ccc(N)cc1S(=O)(=O)N(C)Cc1cscn1. The lowest BCUT2D eigenvalue weighted by Gasteiger charge is -2.17. The van der Waals surface area contributed by atoms with Gasteiger partial charge in [-0.1, -0.05) is 6.07 Å². The number of aryl methyl sites for hydroxylation is 1. The molecule has 0 atom stereocenters. The Morgan fingerprint density at radius 2 is 2.16 bits per heavy atom. The van der Waals surface area contributed by atoms with E-state index in [0.717, 1.165) is 5.69 Å². The summed E-state index contributed by atoms with van der Waals surface area (Å²) in [5.74, 6) is 0. The van der Waals surface area contributed by atoms with Crippen LogP contribution in [0.25, 0.3) is 0 Å². The Morgan fingerprint density at radius 1 is 1.42 bits per heavy atom. The first kappa shape index (κ1) is 14.0. The standard InChI is InChI=1S/C12H15N3O2S2/c1-9-3-4-10(13)5-12(9)19(16,17)15(2)6-11-7-18-8-14-11/h3-5,7-8H,6,13H2,1-2H3. The van der Waals surface area contributed by atoms with E-state index in [9.17, 15) is 8.42 Å². The van der Waals surface area contributed by atoms with Gasteiger partial charge in [-0.2, -0.15) is 4.31 Å². The van der Waals surface area contributed by atoms with Crippen molar-refractivity contribution in [2.75, 3.05) is 12.8 Å². The molecule has 5 nitrogen and oxygen atoms in total. The summed E-state index contributed by atoms with van der Waals surface area (Å²) in [6.45, 7) is 2.00. The normalized spacial score (nSPS) is 11.9. The summed E-state index contributed by atoms with van der Waals surface area (Å²) < 4.78 is 26.2. The van der Waals surface area contributed by atoms with Crippen LogP contribution in [0.5, 0.6) is 0 Å². The maximum Gasteiger partial charge on any atom is 0.243 e. The van der Waals surface area contributed by atoms with E-state index in [1.165, 1.54) is 28.8 Å². The molecule has 0 aliphatic carbocycles. The molecular formula is C12H15N3O2S2. The van der Waals surface area contributed by atoms with Crippen LogP contribution in [0.4, 0.5) is 5.69 Å². The Kier molecular flexibility index (Phi) is 3.88. The highest BCUT2D eigenvalue weighted by molar-refractivity contribution is 7.89.